The van der Waals surface area contributed by atoms with Crippen LogP contribution in [0.2, 0.25) is 0 Å². The van der Waals surface area contributed by atoms with Crippen molar-refractivity contribution in [1.82, 2.24) is 4.98 Å². The number of nitrogens with zero attached hydrogens (tertiary/aromatic N) is 1. The fraction of sp³-hybridized carbons (Fsp3) is 0.227. The number of fused-ring (bicyclic) bond motifs is 1. The Morgan fingerprint density at radius 2 is 1.80 bits per heavy atom. The van der Waals surface area contributed by atoms with E-state index in [-0.39, 0.29) is 5.56 Å². The van der Waals surface area contributed by atoms with E-state index >= 15 is 0 Å². The summed E-state index contributed by atoms with van der Waals surface area (Å²) in [6.45, 7) is 4.95. The van der Waals surface area contributed by atoms with Crippen LogP contribution in [-0.4, -0.2) is 23.0 Å². The Labute approximate surface area is 170 Å². The van der Waals surface area contributed by atoms with Gasteiger partial charge in [0.25, 0.3) is 5.91 Å². The molecule has 0 saturated heterocycles. The molecule has 1 atom stereocenters. The van der Waals surface area contributed by atoms with Crippen molar-refractivity contribution in [3.8, 4) is 0 Å². The van der Waals surface area contributed by atoms with Gasteiger partial charge in [0.15, 0.2) is 23.6 Å². The predicted octanol–water partition coefficient (Wildman–Crippen LogP) is 4.71. The Hall–Kier alpha value is -3.42. The third kappa shape index (κ3) is 3.98. The van der Waals surface area contributed by atoms with Crippen LogP contribution in [0.25, 0.3) is 10.9 Å². The van der Waals surface area contributed by atoms with Gasteiger partial charge in [0, 0.05) is 11.1 Å². The van der Waals surface area contributed by atoms with Crippen molar-refractivity contribution in [2.75, 3.05) is 5.32 Å². The number of hydrogen-bond acceptors (Lipinski definition) is 4. The van der Waals surface area contributed by atoms with E-state index in [2.05, 4.69) is 10.3 Å². The lowest BCUT2D eigenvalue weighted by Gasteiger charge is -2.17. The third-order valence-corrected chi connectivity index (χ3v) is 4.72. The standard InChI is InChI=1S/C22H19F3N2O3/c1-4-15-11(2)18(13-7-5-6-8-16(13)26-15)22(29)30-12(3)21(28)27-17-10-9-14(23)19(24)20(17)25/h5-10,12H,4H2,1-3H3,(H,27,28)/t12-/m1/s1. The number of benzene rings is 2. The van der Waals surface area contributed by atoms with Crippen LogP contribution in [0.4, 0.5) is 18.9 Å². The minimum absolute atomic E-state index is 0.288. The number of amides is 1. The minimum Gasteiger partial charge on any atom is -0.449 e. The van der Waals surface area contributed by atoms with E-state index < -0.39 is 41.1 Å². The zero-order valence-electron chi connectivity index (χ0n) is 16.6. The molecule has 2 aromatic carbocycles. The number of anilines is 1. The van der Waals surface area contributed by atoms with Gasteiger partial charge in [-0.05, 0) is 44.0 Å². The Balaban J connectivity index is 1.85. The van der Waals surface area contributed by atoms with Gasteiger partial charge in [-0.1, -0.05) is 25.1 Å². The number of aromatic nitrogens is 1. The Morgan fingerprint density at radius 1 is 1.10 bits per heavy atom. The van der Waals surface area contributed by atoms with Gasteiger partial charge < -0.3 is 10.1 Å². The molecule has 0 aliphatic rings. The molecule has 3 rings (SSSR count). The normalized spacial score (nSPS) is 11.9. The first-order valence-electron chi connectivity index (χ1n) is 9.28. The molecular formula is C22H19F3N2O3. The van der Waals surface area contributed by atoms with Crippen LogP contribution in [0, 0.1) is 24.4 Å². The van der Waals surface area contributed by atoms with Crippen molar-refractivity contribution in [3.05, 3.63) is 70.7 Å². The summed E-state index contributed by atoms with van der Waals surface area (Å²) < 4.78 is 45.5. The molecule has 0 radical (unpaired) electrons. The number of halogens is 3. The molecule has 1 heterocycles. The van der Waals surface area contributed by atoms with E-state index in [1.54, 1.807) is 31.2 Å². The van der Waals surface area contributed by atoms with E-state index in [0.29, 0.717) is 29.0 Å². The summed E-state index contributed by atoms with van der Waals surface area (Å²) in [5.74, 6) is -6.25. The number of carbonyl (C=O) groups is 2. The van der Waals surface area contributed by atoms with Gasteiger partial charge in [0.05, 0.1) is 16.8 Å². The molecule has 0 fully saturated rings. The molecule has 0 spiro atoms. The summed E-state index contributed by atoms with van der Waals surface area (Å²) in [6.07, 6.45) is -0.719. The summed E-state index contributed by atoms with van der Waals surface area (Å²) in [7, 11) is 0. The van der Waals surface area contributed by atoms with Crippen molar-refractivity contribution < 1.29 is 27.5 Å². The highest BCUT2D eigenvalue weighted by atomic mass is 19.2. The van der Waals surface area contributed by atoms with Crippen LogP contribution in [0.5, 0.6) is 0 Å². The number of pyridine rings is 1. The Kier molecular flexibility index (Phi) is 6.05. The van der Waals surface area contributed by atoms with E-state index in [1.165, 1.54) is 6.92 Å². The van der Waals surface area contributed by atoms with Gasteiger partial charge in [-0.15, -0.1) is 0 Å². The predicted molar refractivity (Wildman–Crippen MR) is 106 cm³/mol. The molecule has 0 saturated carbocycles. The van der Waals surface area contributed by atoms with Crippen LogP contribution >= 0.6 is 0 Å². The maximum atomic E-state index is 13.8. The summed E-state index contributed by atoms with van der Waals surface area (Å²) in [5.41, 5.74) is 1.71. The number of nitrogens with one attached hydrogen (secondary N) is 1. The molecule has 0 bridgehead atoms. The van der Waals surface area contributed by atoms with Crippen molar-refractivity contribution in [3.63, 3.8) is 0 Å². The van der Waals surface area contributed by atoms with E-state index in [1.807, 2.05) is 6.92 Å². The van der Waals surface area contributed by atoms with Gasteiger partial charge in [0.1, 0.15) is 0 Å². The monoisotopic (exact) mass is 416 g/mol. The zero-order chi connectivity index (χ0) is 22.0. The fourth-order valence-electron chi connectivity index (χ4n) is 3.10. The van der Waals surface area contributed by atoms with Crippen molar-refractivity contribution >= 4 is 28.5 Å². The van der Waals surface area contributed by atoms with E-state index in [9.17, 15) is 22.8 Å². The molecule has 1 aromatic heterocycles. The number of hydrogen-bond donors (Lipinski definition) is 1. The van der Waals surface area contributed by atoms with Crippen molar-refractivity contribution in [2.45, 2.75) is 33.3 Å². The highest BCUT2D eigenvalue weighted by molar-refractivity contribution is 6.06. The van der Waals surface area contributed by atoms with Crippen LogP contribution < -0.4 is 5.32 Å². The summed E-state index contributed by atoms with van der Waals surface area (Å²) in [5, 5.41) is 2.68. The van der Waals surface area contributed by atoms with Crippen LogP contribution in [-0.2, 0) is 16.0 Å². The highest BCUT2D eigenvalue weighted by Crippen LogP contribution is 2.25. The highest BCUT2D eigenvalue weighted by Gasteiger charge is 2.25. The molecule has 1 N–H and O–H groups in total. The molecule has 1 amide bonds. The van der Waals surface area contributed by atoms with Gasteiger partial charge >= 0.3 is 5.97 Å². The second-order valence-electron chi connectivity index (χ2n) is 6.69. The molecule has 8 heteroatoms. The number of aryl methyl sites for hydroxylation is 1. The molecule has 0 aliphatic heterocycles. The van der Waals surface area contributed by atoms with Gasteiger partial charge in [-0.3, -0.25) is 9.78 Å². The second kappa shape index (κ2) is 8.52. The van der Waals surface area contributed by atoms with Crippen molar-refractivity contribution in [2.24, 2.45) is 0 Å². The second-order valence-corrected chi connectivity index (χ2v) is 6.69. The number of rotatable bonds is 5. The lowest BCUT2D eigenvalue weighted by atomic mass is 10.0. The minimum atomic E-state index is -1.71. The average Bonchev–Trinajstić information content (AvgIpc) is 2.73. The first-order valence-corrected chi connectivity index (χ1v) is 9.28. The topological polar surface area (TPSA) is 68.3 Å². The number of carbonyl (C=O) groups excluding carboxylic acids is 2. The van der Waals surface area contributed by atoms with Gasteiger partial charge in [-0.25, -0.2) is 18.0 Å². The lowest BCUT2D eigenvalue weighted by molar-refractivity contribution is -0.123. The Bertz CT molecular complexity index is 1150. The smallest absolute Gasteiger partial charge is 0.339 e. The van der Waals surface area contributed by atoms with Crippen LogP contribution in [0.15, 0.2) is 36.4 Å². The molecule has 30 heavy (non-hydrogen) atoms. The molecule has 156 valence electrons. The van der Waals surface area contributed by atoms with Crippen LogP contribution in [0.3, 0.4) is 0 Å². The first-order chi connectivity index (χ1) is 14.2. The quantitative estimate of drug-likeness (QED) is 0.483. The third-order valence-electron chi connectivity index (χ3n) is 4.72. The molecule has 5 nitrogen and oxygen atoms in total. The lowest BCUT2D eigenvalue weighted by Crippen LogP contribution is -2.30. The van der Waals surface area contributed by atoms with E-state index in [0.717, 1.165) is 11.8 Å². The van der Waals surface area contributed by atoms with E-state index in [4.69, 9.17) is 4.74 Å². The summed E-state index contributed by atoms with van der Waals surface area (Å²) >= 11 is 0. The SMILES string of the molecule is CCc1nc2ccccc2c(C(=O)O[C@H](C)C(=O)Nc2ccc(F)c(F)c2F)c1C. The van der Waals surface area contributed by atoms with Gasteiger partial charge in [-0.2, -0.15) is 0 Å². The molecular weight excluding hydrogens is 397 g/mol. The average molecular weight is 416 g/mol. The number of para-hydroxylation sites is 1. The van der Waals surface area contributed by atoms with Crippen LogP contribution in [0.1, 0.15) is 35.5 Å². The summed E-state index contributed by atoms with van der Waals surface area (Å²) in [4.78, 5) is 29.7. The summed E-state index contributed by atoms with van der Waals surface area (Å²) in [6, 6.07) is 8.62. The maximum Gasteiger partial charge on any atom is 0.339 e. The molecule has 0 aliphatic carbocycles. The molecule has 3 aromatic rings. The first kappa shape index (κ1) is 21.3. The largest absolute Gasteiger partial charge is 0.449 e. The number of esters is 1. The molecule has 0 unspecified atom stereocenters. The van der Waals surface area contributed by atoms with Crippen molar-refractivity contribution in [1.29, 1.82) is 0 Å². The zero-order valence-corrected chi connectivity index (χ0v) is 16.6. The fourth-order valence-corrected chi connectivity index (χ4v) is 3.10. The number of ether oxygens (including phenoxy) is 1. The maximum absolute atomic E-state index is 13.8. The van der Waals surface area contributed by atoms with Gasteiger partial charge in [0.2, 0.25) is 0 Å². The Morgan fingerprint density at radius 3 is 2.50 bits per heavy atom.